The van der Waals surface area contributed by atoms with E-state index in [1.54, 1.807) is 42.5 Å². The third-order valence-corrected chi connectivity index (χ3v) is 8.82. The summed E-state index contributed by atoms with van der Waals surface area (Å²) < 4.78 is 39.5. The van der Waals surface area contributed by atoms with Gasteiger partial charge < -0.3 is 14.8 Å². The van der Waals surface area contributed by atoms with Gasteiger partial charge in [0.15, 0.2) is 0 Å². The minimum Gasteiger partial charge on any atom is -0.495 e. The van der Waals surface area contributed by atoms with Crippen molar-refractivity contribution in [1.29, 1.82) is 0 Å². The van der Waals surface area contributed by atoms with Crippen LogP contribution >= 0.6 is 0 Å². The Labute approximate surface area is 239 Å². The summed E-state index contributed by atoms with van der Waals surface area (Å²) in [4.78, 5) is 26.8. The summed E-state index contributed by atoms with van der Waals surface area (Å²) >= 11 is 0. The molecule has 0 radical (unpaired) electrons. The van der Waals surface area contributed by atoms with Gasteiger partial charge in [0.1, 0.15) is 5.75 Å². The average Bonchev–Trinajstić information content (AvgIpc) is 3.00. The molecule has 0 fully saturated rings. The molecule has 0 aromatic heterocycles. The molecule has 5 rings (SSSR count). The molecule has 1 aliphatic rings. The molecule has 9 heteroatoms. The van der Waals surface area contributed by atoms with Gasteiger partial charge >= 0.3 is 5.97 Å². The van der Waals surface area contributed by atoms with Crippen LogP contribution in [0.4, 0.5) is 5.69 Å². The summed E-state index contributed by atoms with van der Waals surface area (Å²) in [6.45, 7) is 2.48. The average molecular weight is 571 g/mol. The van der Waals surface area contributed by atoms with Crippen LogP contribution in [0.25, 0.3) is 0 Å². The van der Waals surface area contributed by atoms with Gasteiger partial charge in [0.05, 0.1) is 23.3 Å². The van der Waals surface area contributed by atoms with E-state index in [2.05, 4.69) is 5.32 Å². The lowest BCUT2D eigenvalue weighted by atomic mass is 10.0. The Morgan fingerprint density at radius 1 is 0.878 bits per heavy atom. The van der Waals surface area contributed by atoms with Crippen LogP contribution in [0.5, 0.6) is 5.75 Å². The Hall–Kier alpha value is -4.47. The fourth-order valence-electron chi connectivity index (χ4n) is 4.80. The van der Waals surface area contributed by atoms with Crippen molar-refractivity contribution in [2.45, 2.75) is 30.9 Å². The van der Waals surface area contributed by atoms with Gasteiger partial charge in [-0.3, -0.25) is 4.79 Å². The van der Waals surface area contributed by atoms with Gasteiger partial charge in [-0.2, -0.15) is 4.31 Å². The number of hydrogen-bond acceptors (Lipinski definition) is 6. The summed E-state index contributed by atoms with van der Waals surface area (Å²) in [5, 5.41) is 2.80. The van der Waals surface area contributed by atoms with Crippen LogP contribution in [-0.2, 0) is 32.5 Å². The number of hydrogen-bond donors (Lipinski definition) is 1. The van der Waals surface area contributed by atoms with Crippen molar-refractivity contribution in [2.75, 3.05) is 19.0 Å². The predicted octanol–water partition coefficient (Wildman–Crippen LogP) is 5.29. The molecule has 1 heterocycles. The number of benzene rings is 4. The second kappa shape index (κ2) is 12.0. The van der Waals surface area contributed by atoms with Crippen molar-refractivity contribution >= 4 is 27.6 Å². The number of esters is 1. The standard InChI is InChI=1S/C32H30N2O6S/c1-22-15-16-29(39-2)28(19-22)33-31(35)30(24-10-4-3-5-11-24)40-32(36)25-13-8-14-27(20-25)41(37,38)34-18-17-23-9-6-7-12-26(23)21-34/h3-16,19-20,30H,17-18,21H2,1-2H3,(H,33,35). The van der Waals surface area contributed by atoms with E-state index in [4.69, 9.17) is 9.47 Å². The van der Waals surface area contributed by atoms with Crippen LogP contribution < -0.4 is 10.1 Å². The van der Waals surface area contributed by atoms with Crippen molar-refractivity contribution < 1.29 is 27.5 Å². The van der Waals surface area contributed by atoms with Crippen molar-refractivity contribution in [3.05, 3.63) is 125 Å². The summed E-state index contributed by atoms with van der Waals surface area (Å²) in [5.41, 5.74) is 3.91. The zero-order chi connectivity index (χ0) is 29.0. The van der Waals surface area contributed by atoms with Crippen LogP contribution in [0.3, 0.4) is 0 Å². The first-order valence-corrected chi connectivity index (χ1v) is 14.6. The lowest BCUT2D eigenvalue weighted by Crippen LogP contribution is -2.36. The van der Waals surface area contributed by atoms with Gasteiger partial charge in [-0.25, -0.2) is 13.2 Å². The van der Waals surface area contributed by atoms with Gasteiger partial charge in [-0.15, -0.1) is 0 Å². The maximum atomic E-state index is 13.5. The van der Waals surface area contributed by atoms with Crippen LogP contribution in [0.1, 0.15) is 38.7 Å². The molecule has 8 nitrogen and oxygen atoms in total. The topological polar surface area (TPSA) is 102 Å². The van der Waals surface area contributed by atoms with E-state index in [1.807, 2.05) is 37.3 Å². The molecule has 4 aromatic carbocycles. The maximum absolute atomic E-state index is 13.5. The molecule has 210 valence electrons. The summed E-state index contributed by atoms with van der Waals surface area (Å²) in [6, 6.07) is 27.4. The number of fused-ring (bicyclic) bond motifs is 1. The highest BCUT2D eigenvalue weighted by Gasteiger charge is 2.30. The first-order chi connectivity index (χ1) is 19.8. The van der Waals surface area contributed by atoms with Crippen LogP contribution in [0.2, 0.25) is 0 Å². The molecular weight excluding hydrogens is 540 g/mol. The highest BCUT2D eigenvalue weighted by molar-refractivity contribution is 7.89. The lowest BCUT2D eigenvalue weighted by molar-refractivity contribution is -0.125. The van der Waals surface area contributed by atoms with Crippen molar-refractivity contribution in [1.82, 2.24) is 4.31 Å². The Balaban J connectivity index is 1.39. The quantitative estimate of drug-likeness (QED) is 0.289. The van der Waals surface area contributed by atoms with E-state index >= 15 is 0 Å². The number of carbonyl (C=O) groups is 2. The van der Waals surface area contributed by atoms with Crippen molar-refractivity contribution in [2.24, 2.45) is 0 Å². The Morgan fingerprint density at radius 2 is 1.61 bits per heavy atom. The molecule has 1 N–H and O–H groups in total. The molecule has 41 heavy (non-hydrogen) atoms. The molecule has 0 spiro atoms. The fourth-order valence-corrected chi connectivity index (χ4v) is 6.27. The molecule has 0 saturated heterocycles. The fraction of sp³-hybridized carbons (Fsp3) is 0.188. The van der Waals surface area contributed by atoms with Gasteiger partial charge in [0, 0.05) is 18.7 Å². The van der Waals surface area contributed by atoms with E-state index in [0.29, 0.717) is 30.0 Å². The van der Waals surface area contributed by atoms with E-state index in [0.717, 1.165) is 16.7 Å². The summed E-state index contributed by atoms with van der Waals surface area (Å²) in [7, 11) is -2.38. The smallest absolute Gasteiger partial charge is 0.339 e. The number of carbonyl (C=O) groups excluding carboxylic acids is 2. The largest absolute Gasteiger partial charge is 0.495 e. The zero-order valence-electron chi connectivity index (χ0n) is 22.7. The molecular formula is C32H30N2O6S. The number of ether oxygens (including phenoxy) is 2. The number of nitrogens with zero attached hydrogens (tertiary/aromatic N) is 1. The summed E-state index contributed by atoms with van der Waals surface area (Å²) in [6.07, 6.45) is -0.690. The monoisotopic (exact) mass is 570 g/mol. The Morgan fingerprint density at radius 3 is 2.37 bits per heavy atom. The zero-order valence-corrected chi connectivity index (χ0v) is 23.6. The van der Waals surface area contributed by atoms with E-state index in [1.165, 1.54) is 35.7 Å². The number of sulfonamides is 1. The van der Waals surface area contributed by atoms with Crippen molar-refractivity contribution in [3.8, 4) is 5.75 Å². The van der Waals surface area contributed by atoms with Gasteiger partial charge in [-0.05, 0) is 60.4 Å². The highest BCUT2D eigenvalue weighted by atomic mass is 32.2. The number of amides is 1. The second-order valence-corrected chi connectivity index (χ2v) is 11.7. The molecule has 1 aliphatic heterocycles. The number of nitrogens with one attached hydrogen (secondary N) is 1. The maximum Gasteiger partial charge on any atom is 0.339 e. The number of aryl methyl sites for hydroxylation is 1. The molecule has 1 atom stereocenters. The Kier molecular flexibility index (Phi) is 8.19. The normalized spacial score (nSPS) is 14.0. The van der Waals surface area contributed by atoms with E-state index < -0.39 is 28.0 Å². The first-order valence-electron chi connectivity index (χ1n) is 13.1. The predicted molar refractivity (Wildman–Crippen MR) is 155 cm³/mol. The molecule has 4 aromatic rings. The molecule has 0 saturated carbocycles. The van der Waals surface area contributed by atoms with Gasteiger partial charge in [-0.1, -0.05) is 66.7 Å². The number of rotatable bonds is 8. The van der Waals surface area contributed by atoms with Gasteiger partial charge in [0.2, 0.25) is 16.1 Å². The highest BCUT2D eigenvalue weighted by Crippen LogP contribution is 2.29. The third-order valence-electron chi connectivity index (χ3n) is 6.98. The van der Waals surface area contributed by atoms with Crippen LogP contribution in [0.15, 0.2) is 102 Å². The molecule has 1 unspecified atom stereocenters. The summed E-state index contributed by atoms with van der Waals surface area (Å²) in [5.74, 6) is -0.948. The minimum absolute atomic E-state index is 0.0171. The van der Waals surface area contributed by atoms with Gasteiger partial charge in [0.25, 0.3) is 5.91 Å². The number of methoxy groups -OCH3 is 1. The molecule has 0 bridgehead atoms. The van der Waals surface area contributed by atoms with E-state index in [-0.39, 0.29) is 17.0 Å². The molecule has 0 aliphatic carbocycles. The third kappa shape index (κ3) is 6.16. The second-order valence-electron chi connectivity index (χ2n) is 9.77. The Bertz CT molecular complexity index is 1690. The number of anilines is 1. The minimum atomic E-state index is -3.88. The first kappa shape index (κ1) is 28.1. The van der Waals surface area contributed by atoms with Crippen LogP contribution in [0, 0.1) is 6.92 Å². The van der Waals surface area contributed by atoms with E-state index in [9.17, 15) is 18.0 Å². The SMILES string of the molecule is COc1ccc(C)cc1NC(=O)C(OC(=O)c1cccc(S(=O)(=O)N2CCc3ccccc3C2)c1)c1ccccc1. The molecule has 1 amide bonds. The van der Waals surface area contributed by atoms with Crippen LogP contribution in [-0.4, -0.2) is 38.3 Å². The van der Waals surface area contributed by atoms with Crippen molar-refractivity contribution in [3.63, 3.8) is 0 Å². The lowest BCUT2D eigenvalue weighted by Gasteiger charge is -2.28.